The molecule has 0 saturated carbocycles. The van der Waals surface area contributed by atoms with E-state index in [-0.39, 0.29) is 0 Å². The topological polar surface area (TPSA) is 35.5 Å². The van der Waals surface area contributed by atoms with E-state index in [1.807, 2.05) is 13.0 Å². The number of hydrogen-bond donors (Lipinski definition) is 0. The third-order valence-corrected chi connectivity index (χ3v) is 1.79. The SMILES string of the molecule is C=C(C)c1cccc(OC(=O)OCC)c1. The van der Waals surface area contributed by atoms with Crippen LogP contribution in [0.5, 0.6) is 5.75 Å². The minimum atomic E-state index is -0.684. The zero-order valence-electron chi connectivity index (χ0n) is 8.95. The predicted octanol–water partition coefficient (Wildman–Crippen LogP) is 3.26. The van der Waals surface area contributed by atoms with E-state index in [0.29, 0.717) is 12.4 Å². The van der Waals surface area contributed by atoms with Gasteiger partial charge in [0, 0.05) is 0 Å². The number of carbonyl (C=O) groups excluding carboxylic acids is 1. The molecule has 0 fully saturated rings. The zero-order valence-corrected chi connectivity index (χ0v) is 8.95. The van der Waals surface area contributed by atoms with Crippen molar-refractivity contribution >= 4 is 11.7 Å². The standard InChI is InChI=1S/C12H14O3/c1-4-14-12(13)15-11-7-5-6-10(8-11)9(2)3/h5-8H,2,4H2,1,3H3. The van der Waals surface area contributed by atoms with Gasteiger partial charge in [-0.3, -0.25) is 0 Å². The number of benzene rings is 1. The fraction of sp³-hybridized carbons (Fsp3) is 0.250. The molecule has 0 N–H and O–H groups in total. The van der Waals surface area contributed by atoms with Crippen molar-refractivity contribution < 1.29 is 14.3 Å². The second kappa shape index (κ2) is 5.20. The molecule has 0 saturated heterocycles. The van der Waals surface area contributed by atoms with Gasteiger partial charge in [-0.2, -0.15) is 0 Å². The highest BCUT2D eigenvalue weighted by Gasteiger charge is 2.05. The minimum Gasteiger partial charge on any atom is -0.434 e. The van der Waals surface area contributed by atoms with Gasteiger partial charge in [-0.05, 0) is 31.5 Å². The molecule has 1 aromatic carbocycles. The van der Waals surface area contributed by atoms with Gasteiger partial charge in [-0.1, -0.05) is 24.3 Å². The Kier molecular flexibility index (Phi) is 3.92. The Balaban J connectivity index is 2.73. The van der Waals surface area contributed by atoms with Crippen LogP contribution in [-0.4, -0.2) is 12.8 Å². The van der Waals surface area contributed by atoms with E-state index in [4.69, 9.17) is 4.74 Å². The molecular weight excluding hydrogens is 192 g/mol. The Labute approximate surface area is 89.3 Å². The molecule has 1 aromatic rings. The van der Waals surface area contributed by atoms with Crippen LogP contribution in [0.4, 0.5) is 4.79 Å². The summed E-state index contributed by atoms with van der Waals surface area (Å²) >= 11 is 0. The summed E-state index contributed by atoms with van der Waals surface area (Å²) < 4.78 is 9.61. The van der Waals surface area contributed by atoms with Gasteiger partial charge in [-0.25, -0.2) is 4.79 Å². The fourth-order valence-corrected chi connectivity index (χ4v) is 1.07. The van der Waals surface area contributed by atoms with Crippen LogP contribution >= 0.6 is 0 Å². The lowest BCUT2D eigenvalue weighted by Crippen LogP contribution is -2.09. The highest BCUT2D eigenvalue weighted by atomic mass is 16.7. The summed E-state index contributed by atoms with van der Waals surface area (Å²) in [6, 6.07) is 7.15. The third-order valence-electron chi connectivity index (χ3n) is 1.79. The average Bonchev–Trinajstić information content (AvgIpc) is 2.18. The lowest BCUT2D eigenvalue weighted by molar-refractivity contribution is 0.104. The smallest absolute Gasteiger partial charge is 0.434 e. The molecular formula is C12H14O3. The van der Waals surface area contributed by atoms with E-state index in [9.17, 15) is 4.79 Å². The van der Waals surface area contributed by atoms with Gasteiger partial charge in [0.2, 0.25) is 0 Å². The van der Waals surface area contributed by atoms with Crippen molar-refractivity contribution in [1.82, 2.24) is 0 Å². The Morgan fingerprint density at radius 1 is 1.47 bits per heavy atom. The van der Waals surface area contributed by atoms with E-state index in [2.05, 4.69) is 11.3 Å². The van der Waals surface area contributed by atoms with Gasteiger partial charge in [0.1, 0.15) is 5.75 Å². The fourth-order valence-electron chi connectivity index (χ4n) is 1.07. The number of hydrogen-bond acceptors (Lipinski definition) is 3. The van der Waals surface area contributed by atoms with Crippen molar-refractivity contribution in [3.63, 3.8) is 0 Å². The maximum atomic E-state index is 11.0. The molecule has 0 aliphatic carbocycles. The number of allylic oxidation sites excluding steroid dienone is 1. The van der Waals surface area contributed by atoms with Crippen molar-refractivity contribution in [1.29, 1.82) is 0 Å². The minimum absolute atomic E-state index is 0.305. The molecule has 0 radical (unpaired) electrons. The molecule has 0 aromatic heterocycles. The summed E-state index contributed by atoms with van der Waals surface area (Å²) in [6.45, 7) is 7.73. The van der Waals surface area contributed by atoms with Gasteiger partial charge in [-0.15, -0.1) is 0 Å². The molecule has 0 atom stereocenters. The highest BCUT2D eigenvalue weighted by molar-refractivity contribution is 5.66. The van der Waals surface area contributed by atoms with Crippen LogP contribution in [0.1, 0.15) is 19.4 Å². The van der Waals surface area contributed by atoms with Crippen LogP contribution in [0.2, 0.25) is 0 Å². The summed E-state index contributed by atoms with van der Waals surface area (Å²) in [5, 5.41) is 0. The number of ether oxygens (including phenoxy) is 2. The average molecular weight is 206 g/mol. The largest absolute Gasteiger partial charge is 0.513 e. The molecule has 0 amide bonds. The van der Waals surface area contributed by atoms with Crippen molar-refractivity contribution in [3.8, 4) is 5.75 Å². The van der Waals surface area contributed by atoms with Crippen LogP contribution < -0.4 is 4.74 Å². The zero-order chi connectivity index (χ0) is 11.3. The monoisotopic (exact) mass is 206 g/mol. The molecule has 1 rings (SSSR count). The lowest BCUT2D eigenvalue weighted by atomic mass is 10.1. The quantitative estimate of drug-likeness (QED) is 0.562. The van der Waals surface area contributed by atoms with Gasteiger partial charge in [0.25, 0.3) is 0 Å². The summed E-state index contributed by atoms with van der Waals surface area (Å²) in [7, 11) is 0. The first kappa shape index (κ1) is 11.3. The molecule has 3 heteroatoms. The second-order valence-corrected chi connectivity index (χ2v) is 3.09. The van der Waals surface area contributed by atoms with E-state index in [1.165, 1.54) is 0 Å². The number of rotatable bonds is 3. The molecule has 0 aliphatic rings. The van der Waals surface area contributed by atoms with Crippen LogP contribution in [0.25, 0.3) is 5.57 Å². The first-order valence-electron chi connectivity index (χ1n) is 4.74. The molecule has 0 bridgehead atoms. The van der Waals surface area contributed by atoms with Crippen LogP contribution in [0.3, 0.4) is 0 Å². The van der Waals surface area contributed by atoms with Crippen molar-refractivity contribution in [2.24, 2.45) is 0 Å². The molecule has 0 spiro atoms. The number of carbonyl (C=O) groups is 1. The Hall–Kier alpha value is -1.77. The lowest BCUT2D eigenvalue weighted by Gasteiger charge is -2.05. The molecule has 80 valence electrons. The molecule has 15 heavy (non-hydrogen) atoms. The van der Waals surface area contributed by atoms with Gasteiger partial charge >= 0.3 is 6.16 Å². The van der Waals surface area contributed by atoms with Crippen molar-refractivity contribution in [2.75, 3.05) is 6.61 Å². The van der Waals surface area contributed by atoms with Gasteiger partial charge in [0.05, 0.1) is 6.61 Å². The summed E-state index contributed by atoms with van der Waals surface area (Å²) in [5.41, 5.74) is 1.86. The Morgan fingerprint density at radius 3 is 2.80 bits per heavy atom. The van der Waals surface area contributed by atoms with E-state index >= 15 is 0 Å². The second-order valence-electron chi connectivity index (χ2n) is 3.09. The Morgan fingerprint density at radius 2 is 2.20 bits per heavy atom. The van der Waals surface area contributed by atoms with Crippen LogP contribution in [0, 0.1) is 0 Å². The van der Waals surface area contributed by atoms with Crippen LogP contribution in [-0.2, 0) is 4.74 Å². The highest BCUT2D eigenvalue weighted by Crippen LogP contribution is 2.18. The molecule has 0 unspecified atom stereocenters. The summed E-state index contributed by atoms with van der Waals surface area (Å²) in [4.78, 5) is 11.0. The third kappa shape index (κ3) is 3.46. The van der Waals surface area contributed by atoms with E-state index in [0.717, 1.165) is 11.1 Å². The maximum absolute atomic E-state index is 11.0. The molecule has 3 nitrogen and oxygen atoms in total. The van der Waals surface area contributed by atoms with Crippen LogP contribution in [0.15, 0.2) is 30.8 Å². The van der Waals surface area contributed by atoms with Crippen molar-refractivity contribution in [2.45, 2.75) is 13.8 Å². The first-order chi connectivity index (χ1) is 7.13. The Bertz CT molecular complexity index is 369. The summed E-state index contributed by atoms with van der Waals surface area (Å²) in [5.74, 6) is 0.467. The first-order valence-corrected chi connectivity index (χ1v) is 4.74. The maximum Gasteiger partial charge on any atom is 0.513 e. The van der Waals surface area contributed by atoms with E-state index in [1.54, 1.807) is 25.1 Å². The normalized spacial score (nSPS) is 9.47. The van der Waals surface area contributed by atoms with Crippen molar-refractivity contribution in [3.05, 3.63) is 36.4 Å². The molecule has 0 heterocycles. The van der Waals surface area contributed by atoms with E-state index < -0.39 is 6.16 Å². The van der Waals surface area contributed by atoms with Gasteiger partial charge in [0.15, 0.2) is 0 Å². The predicted molar refractivity (Wildman–Crippen MR) is 58.8 cm³/mol. The summed E-state index contributed by atoms with van der Waals surface area (Å²) in [6.07, 6.45) is -0.684. The van der Waals surface area contributed by atoms with Gasteiger partial charge < -0.3 is 9.47 Å². The molecule has 0 aliphatic heterocycles.